The summed E-state index contributed by atoms with van der Waals surface area (Å²) in [6, 6.07) is 26.8. The van der Waals surface area contributed by atoms with Crippen LogP contribution in [0.4, 0.5) is 10.5 Å². The van der Waals surface area contributed by atoms with E-state index in [-0.39, 0.29) is 18.2 Å². The van der Waals surface area contributed by atoms with Gasteiger partial charge in [-0.15, -0.1) is 0 Å². The SMILES string of the molecule is CC(C)c1ccc(NC(=O)OC2COC3C(NCc4ccc(-c5ccccc5)cc4)COC23)cc1. The van der Waals surface area contributed by atoms with Gasteiger partial charge in [0.2, 0.25) is 0 Å². The fraction of sp³-hybridized carbons (Fsp3) is 0.345. The molecule has 0 aromatic heterocycles. The van der Waals surface area contributed by atoms with Crippen LogP contribution in [0.15, 0.2) is 78.9 Å². The van der Waals surface area contributed by atoms with Crippen LogP contribution in [0.5, 0.6) is 0 Å². The molecule has 4 atom stereocenters. The van der Waals surface area contributed by atoms with E-state index >= 15 is 0 Å². The summed E-state index contributed by atoms with van der Waals surface area (Å²) in [6.07, 6.45) is -1.31. The average molecular weight is 473 g/mol. The molecule has 5 rings (SSSR count). The van der Waals surface area contributed by atoms with E-state index < -0.39 is 12.2 Å². The van der Waals surface area contributed by atoms with Gasteiger partial charge in [-0.05, 0) is 40.3 Å². The highest BCUT2D eigenvalue weighted by molar-refractivity contribution is 5.84. The Morgan fingerprint density at radius 1 is 0.886 bits per heavy atom. The van der Waals surface area contributed by atoms with Crippen LogP contribution >= 0.6 is 0 Å². The smallest absolute Gasteiger partial charge is 0.412 e. The zero-order chi connectivity index (χ0) is 24.2. The van der Waals surface area contributed by atoms with Crippen molar-refractivity contribution >= 4 is 11.8 Å². The van der Waals surface area contributed by atoms with Gasteiger partial charge in [0.1, 0.15) is 12.2 Å². The normalized spacial score (nSPS) is 23.3. The van der Waals surface area contributed by atoms with E-state index in [2.05, 4.69) is 60.9 Å². The Bertz CT molecular complexity index is 1120. The molecule has 3 aromatic carbocycles. The summed E-state index contributed by atoms with van der Waals surface area (Å²) in [5.74, 6) is 0.443. The number of carbonyl (C=O) groups excluding carboxylic acids is 1. The lowest BCUT2D eigenvalue weighted by molar-refractivity contribution is 0.00854. The maximum absolute atomic E-state index is 12.4. The molecule has 4 unspecified atom stereocenters. The summed E-state index contributed by atoms with van der Waals surface area (Å²) in [6.45, 7) is 5.85. The van der Waals surface area contributed by atoms with Crippen molar-refractivity contribution < 1.29 is 19.0 Å². The Labute approximate surface area is 206 Å². The maximum atomic E-state index is 12.4. The van der Waals surface area contributed by atoms with Crippen LogP contribution in [0.1, 0.15) is 30.9 Å². The Morgan fingerprint density at radius 2 is 1.57 bits per heavy atom. The molecule has 0 aliphatic carbocycles. The first-order valence-corrected chi connectivity index (χ1v) is 12.3. The van der Waals surface area contributed by atoms with Gasteiger partial charge in [-0.2, -0.15) is 0 Å². The third-order valence-electron chi connectivity index (χ3n) is 6.72. The van der Waals surface area contributed by atoms with Gasteiger partial charge in [0.15, 0.2) is 6.10 Å². The van der Waals surface area contributed by atoms with Gasteiger partial charge in [-0.25, -0.2) is 4.79 Å². The van der Waals surface area contributed by atoms with Crippen LogP contribution < -0.4 is 10.6 Å². The topological polar surface area (TPSA) is 68.8 Å². The monoisotopic (exact) mass is 472 g/mol. The second-order valence-electron chi connectivity index (χ2n) is 9.49. The largest absolute Gasteiger partial charge is 0.441 e. The lowest BCUT2D eigenvalue weighted by Crippen LogP contribution is -2.41. The third-order valence-corrected chi connectivity index (χ3v) is 6.72. The van der Waals surface area contributed by atoms with Crippen LogP contribution in [-0.2, 0) is 20.8 Å². The molecule has 2 N–H and O–H groups in total. The number of fused-ring (bicyclic) bond motifs is 1. The zero-order valence-corrected chi connectivity index (χ0v) is 20.1. The van der Waals surface area contributed by atoms with Crippen molar-refractivity contribution in [3.05, 3.63) is 90.0 Å². The maximum Gasteiger partial charge on any atom is 0.412 e. The summed E-state index contributed by atoms with van der Waals surface area (Å²) < 4.78 is 17.6. The second-order valence-corrected chi connectivity index (χ2v) is 9.49. The van der Waals surface area contributed by atoms with Gasteiger partial charge in [-0.3, -0.25) is 5.32 Å². The van der Waals surface area contributed by atoms with Crippen LogP contribution in [0.2, 0.25) is 0 Å². The Hall–Kier alpha value is -3.19. The number of ether oxygens (including phenoxy) is 3. The third kappa shape index (κ3) is 5.56. The zero-order valence-electron chi connectivity index (χ0n) is 20.1. The molecule has 0 spiro atoms. The number of nitrogens with one attached hydrogen (secondary N) is 2. The molecule has 1 amide bonds. The van der Waals surface area contributed by atoms with E-state index in [1.807, 2.05) is 42.5 Å². The summed E-state index contributed by atoms with van der Waals surface area (Å²) >= 11 is 0. The fourth-order valence-corrected chi connectivity index (χ4v) is 4.67. The number of amides is 1. The summed E-state index contributed by atoms with van der Waals surface area (Å²) in [4.78, 5) is 12.4. The average Bonchev–Trinajstić information content (AvgIpc) is 3.47. The molecular weight excluding hydrogens is 440 g/mol. The first-order valence-electron chi connectivity index (χ1n) is 12.3. The van der Waals surface area contributed by atoms with Crippen LogP contribution in [-0.4, -0.2) is 43.7 Å². The highest BCUT2D eigenvalue weighted by Crippen LogP contribution is 2.29. The van der Waals surface area contributed by atoms with Crippen LogP contribution in [0, 0.1) is 0 Å². The van der Waals surface area contributed by atoms with Gasteiger partial charge in [0.05, 0.1) is 19.3 Å². The highest BCUT2D eigenvalue weighted by Gasteiger charge is 2.49. The van der Waals surface area contributed by atoms with Crippen molar-refractivity contribution in [3.63, 3.8) is 0 Å². The van der Waals surface area contributed by atoms with E-state index in [0.717, 1.165) is 0 Å². The van der Waals surface area contributed by atoms with E-state index in [1.54, 1.807) is 0 Å². The molecule has 0 bridgehead atoms. The van der Waals surface area contributed by atoms with Crippen molar-refractivity contribution in [1.82, 2.24) is 5.32 Å². The van der Waals surface area contributed by atoms with Crippen molar-refractivity contribution in [2.75, 3.05) is 18.5 Å². The molecule has 2 heterocycles. The number of carbonyl (C=O) groups is 1. The highest BCUT2D eigenvalue weighted by atomic mass is 16.6. The van der Waals surface area contributed by atoms with Gasteiger partial charge < -0.3 is 19.5 Å². The standard InChI is InChI=1S/C29H32N2O4/c1-19(2)21-12-14-24(15-13-21)31-29(32)35-26-18-34-27-25(17-33-28(26)27)30-16-20-8-10-23(11-9-20)22-6-4-3-5-7-22/h3-15,19,25-28,30H,16-18H2,1-2H3,(H,31,32). The Balaban J connectivity index is 1.10. The lowest BCUT2D eigenvalue weighted by atomic mass is 10.0. The van der Waals surface area contributed by atoms with E-state index in [1.165, 1.54) is 22.3 Å². The van der Waals surface area contributed by atoms with Crippen LogP contribution in [0.25, 0.3) is 11.1 Å². The minimum absolute atomic E-state index is 0.0500. The molecular formula is C29H32N2O4. The van der Waals surface area contributed by atoms with E-state index in [4.69, 9.17) is 14.2 Å². The second kappa shape index (κ2) is 10.6. The van der Waals surface area contributed by atoms with Crippen molar-refractivity contribution in [2.24, 2.45) is 0 Å². The lowest BCUT2D eigenvalue weighted by Gasteiger charge is -2.18. The minimum Gasteiger partial charge on any atom is -0.441 e. The number of benzene rings is 3. The van der Waals surface area contributed by atoms with Gasteiger partial charge in [0, 0.05) is 12.2 Å². The van der Waals surface area contributed by atoms with Crippen LogP contribution in [0.3, 0.4) is 0 Å². The molecule has 2 fully saturated rings. The predicted molar refractivity (Wildman–Crippen MR) is 136 cm³/mol. The molecule has 2 aliphatic rings. The fourth-order valence-electron chi connectivity index (χ4n) is 4.67. The molecule has 0 saturated carbocycles. The number of hydrogen-bond donors (Lipinski definition) is 2. The van der Waals surface area contributed by atoms with Crippen molar-refractivity contribution in [2.45, 2.75) is 50.7 Å². The first kappa shape index (κ1) is 23.5. The number of rotatable bonds is 7. The summed E-state index contributed by atoms with van der Waals surface area (Å²) in [7, 11) is 0. The first-order chi connectivity index (χ1) is 17.1. The minimum atomic E-state index is -0.491. The molecule has 6 nitrogen and oxygen atoms in total. The summed E-state index contributed by atoms with van der Waals surface area (Å²) in [5.41, 5.74) is 5.54. The van der Waals surface area contributed by atoms with E-state index in [9.17, 15) is 4.79 Å². The Kier molecular flexibility index (Phi) is 7.13. The molecule has 2 aliphatic heterocycles. The predicted octanol–water partition coefficient (Wildman–Crippen LogP) is 5.35. The molecule has 3 aromatic rings. The molecule has 35 heavy (non-hydrogen) atoms. The quantitative estimate of drug-likeness (QED) is 0.485. The van der Waals surface area contributed by atoms with Gasteiger partial charge >= 0.3 is 6.09 Å². The molecule has 6 heteroatoms. The van der Waals surface area contributed by atoms with Gasteiger partial charge in [0.25, 0.3) is 0 Å². The molecule has 182 valence electrons. The molecule has 0 radical (unpaired) electrons. The van der Waals surface area contributed by atoms with E-state index in [0.29, 0.717) is 31.4 Å². The Morgan fingerprint density at radius 3 is 2.29 bits per heavy atom. The van der Waals surface area contributed by atoms with Gasteiger partial charge in [-0.1, -0.05) is 80.6 Å². The molecule has 2 saturated heterocycles. The number of hydrogen-bond acceptors (Lipinski definition) is 5. The number of anilines is 1. The van der Waals surface area contributed by atoms with Crippen molar-refractivity contribution in [1.29, 1.82) is 0 Å². The van der Waals surface area contributed by atoms with Crippen molar-refractivity contribution in [3.8, 4) is 11.1 Å². The summed E-state index contributed by atoms with van der Waals surface area (Å²) in [5, 5.41) is 6.35.